The molecular formula is C9H12FN2NaO. The van der Waals surface area contributed by atoms with Crippen molar-refractivity contribution >= 4 is 41.2 Å². The van der Waals surface area contributed by atoms with Crippen molar-refractivity contribution in [2.24, 2.45) is 5.73 Å². The number of nitrogens with two attached hydrogens (primary N) is 2. The van der Waals surface area contributed by atoms with E-state index in [9.17, 15) is 9.18 Å². The van der Waals surface area contributed by atoms with Gasteiger partial charge in [0, 0.05) is 11.3 Å². The number of amides is 1. The van der Waals surface area contributed by atoms with Crippen molar-refractivity contribution in [2.75, 3.05) is 5.73 Å². The number of benzene rings is 1. The second-order valence-corrected chi connectivity index (χ2v) is 2.90. The van der Waals surface area contributed by atoms with Crippen LogP contribution in [0, 0.1) is 6.92 Å². The first-order valence-electron chi connectivity index (χ1n) is 3.82. The third-order valence-corrected chi connectivity index (χ3v) is 1.77. The summed E-state index contributed by atoms with van der Waals surface area (Å²) in [6.07, 6.45) is -1.82. The van der Waals surface area contributed by atoms with Crippen molar-refractivity contribution in [1.29, 1.82) is 0 Å². The van der Waals surface area contributed by atoms with E-state index in [1.54, 1.807) is 19.1 Å². The Morgan fingerprint density at radius 1 is 1.50 bits per heavy atom. The van der Waals surface area contributed by atoms with Gasteiger partial charge in [-0.15, -0.1) is 0 Å². The van der Waals surface area contributed by atoms with Crippen LogP contribution in [0.25, 0.3) is 0 Å². The number of halogens is 1. The van der Waals surface area contributed by atoms with Crippen molar-refractivity contribution in [3.05, 3.63) is 29.3 Å². The van der Waals surface area contributed by atoms with E-state index in [2.05, 4.69) is 0 Å². The van der Waals surface area contributed by atoms with Gasteiger partial charge in [-0.3, -0.25) is 4.79 Å². The topological polar surface area (TPSA) is 69.1 Å². The quantitative estimate of drug-likeness (QED) is 0.544. The number of rotatable bonds is 2. The molecule has 4 N–H and O–H groups in total. The van der Waals surface area contributed by atoms with Crippen molar-refractivity contribution in [1.82, 2.24) is 0 Å². The first-order chi connectivity index (χ1) is 6.02. The Morgan fingerprint density at radius 3 is 2.57 bits per heavy atom. The average molecular weight is 206 g/mol. The molecule has 1 unspecified atom stereocenters. The molecule has 0 aliphatic heterocycles. The number of carbonyl (C=O) groups is 1. The van der Waals surface area contributed by atoms with Gasteiger partial charge in [0.25, 0.3) is 5.91 Å². The van der Waals surface area contributed by atoms with E-state index in [0.717, 1.165) is 5.56 Å². The number of primary amides is 1. The molecule has 72 valence electrons. The monoisotopic (exact) mass is 206 g/mol. The van der Waals surface area contributed by atoms with Crippen LogP contribution in [0.15, 0.2) is 18.2 Å². The first kappa shape index (κ1) is 13.4. The molecule has 1 rings (SSSR count). The number of hydrogen-bond acceptors (Lipinski definition) is 2. The van der Waals surface area contributed by atoms with Crippen molar-refractivity contribution in [3.8, 4) is 0 Å². The molecule has 0 bridgehead atoms. The molecule has 5 heteroatoms. The number of hydrogen-bond donors (Lipinski definition) is 2. The Balaban J connectivity index is 0.00000169. The van der Waals surface area contributed by atoms with Gasteiger partial charge in [-0.1, -0.05) is 17.7 Å². The number of anilines is 1. The van der Waals surface area contributed by atoms with Crippen molar-refractivity contribution in [2.45, 2.75) is 13.1 Å². The molecule has 0 spiro atoms. The molecule has 1 atom stereocenters. The van der Waals surface area contributed by atoms with Gasteiger partial charge >= 0.3 is 29.6 Å². The molecule has 0 aromatic heterocycles. The third kappa shape index (κ3) is 2.97. The fourth-order valence-electron chi connectivity index (χ4n) is 1.07. The maximum atomic E-state index is 13.1. The van der Waals surface area contributed by atoms with E-state index in [0.29, 0.717) is 0 Å². The molecule has 1 aromatic rings. The van der Waals surface area contributed by atoms with E-state index in [1.807, 2.05) is 0 Å². The van der Waals surface area contributed by atoms with Gasteiger partial charge < -0.3 is 11.5 Å². The van der Waals surface area contributed by atoms with Crippen molar-refractivity contribution < 1.29 is 9.18 Å². The van der Waals surface area contributed by atoms with Crippen LogP contribution in [0.1, 0.15) is 17.3 Å². The van der Waals surface area contributed by atoms with Crippen molar-refractivity contribution in [3.63, 3.8) is 0 Å². The molecular weight excluding hydrogens is 194 g/mol. The average Bonchev–Trinajstić information content (AvgIpc) is 2.08. The number of carbonyl (C=O) groups excluding carboxylic acids is 1. The fourth-order valence-corrected chi connectivity index (χ4v) is 1.07. The van der Waals surface area contributed by atoms with Crippen LogP contribution in [0.5, 0.6) is 0 Å². The molecule has 0 aliphatic carbocycles. The van der Waals surface area contributed by atoms with E-state index in [-0.39, 0.29) is 40.8 Å². The Bertz CT molecular complexity index is 344. The first-order valence-corrected chi connectivity index (χ1v) is 3.82. The Kier molecular flexibility index (Phi) is 5.12. The molecule has 1 aromatic carbocycles. The van der Waals surface area contributed by atoms with Gasteiger partial charge in [-0.05, 0) is 13.0 Å². The number of aryl methyl sites for hydroxylation is 1. The summed E-state index contributed by atoms with van der Waals surface area (Å²) in [6.45, 7) is 1.79. The van der Waals surface area contributed by atoms with Gasteiger partial charge in [0.05, 0.1) is 0 Å². The minimum atomic E-state index is -1.82. The molecule has 1 amide bonds. The molecule has 0 heterocycles. The second kappa shape index (κ2) is 5.34. The Labute approximate surface area is 104 Å². The Morgan fingerprint density at radius 2 is 2.07 bits per heavy atom. The zero-order chi connectivity index (χ0) is 10.0. The van der Waals surface area contributed by atoms with Crippen LogP contribution in [0.4, 0.5) is 10.1 Å². The normalized spacial score (nSPS) is 11.6. The van der Waals surface area contributed by atoms with E-state index < -0.39 is 12.1 Å². The van der Waals surface area contributed by atoms with E-state index in [1.165, 1.54) is 6.07 Å². The molecule has 0 saturated carbocycles. The van der Waals surface area contributed by atoms with Gasteiger partial charge in [-0.25, -0.2) is 4.39 Å². The fraction of sp³-hybridized carbons (Fsp3) is 0.222. The Hall–Kier alpha value is -0.580. The molecule has 3 nitrogen and oxygen atoms in total. The zero-order valence-electron chi connectivity index (χ0n) is 7.25. The van der Waals surface area contributed by atoms with Crippen LogP contribution in [0.3, 0.4) is 0 Å². The number of alkyl halides is 1. The van der Waals surface area contributed by atoms with Crippen LogP contribution in [0.2, 0.25) is 0 Å². The maximum absolute atomic E-state index is 13.1. The molecule has 14 heavy (non-hydrogen) atoms. The van der Waals surface area contributed by atoms with Crippen LogP contribution in [-0.4, -0.2) is 35.5 Å². The van der Waals surface area contributed by atoms with E-state index >= 15 is 0 Å². The van der Waals surface area contributed by atoms with Gasteiger partial charge in [0.2, 0.25) is 6.17 Å². The summed E-state index contributed by atoms with van der Waals surface area (Å²) >= 11 is 0. The number of nitrogen functional groups attached to an aromatic ring is 1. The summed E-state index contributed by atoms with van der Waals surface area (Å²) in [7, 11) is 0. The van der Waals surface area contributed by atoms with E-state index in [4.69, 9.17) is 11.5 Å². The molecule has 0 aliphatic rings. The summed E-state index contributed by atoms with van der Waals surface area (Å²) in [5, 5.41) is 0. The third-order valence-electron chi connectivity index (χ3n) is 1.77. The predicted octanol–water partition coefficient (Wildman–Crippen LogP) is 0.425. The summed E-state index contributed by atoms with van der Waals surface area (Å²) in [6, 6.07) is 4.82. The van der Waals surface area contributed by atoms with Gasteiger partial charge in [0.15, 0.2) is 0 Å². The van der Waals surface area contributed by atoms with Crippen LogP contribution < -0.4 is 11.5 Å². The predicted molar refractivity (Wildman–Crippen MR) is 55.8 cm³/mol. The SMILES string of the molecule is Cc1ccc(N)c(C(F)C(N)=O)c1.[NaH]. The molecule has 0 radical (unpaired) electrons. The molecule has 0 fully saturated rings. The standard InChI is InChI=1S/C9H11FN2O.Na.H/c1-5-2-3-7(11)6(4-5)8(10)9(12)13;;/h2-4,8H,11H2,1H3,(H2,12,13);;. The van der Waals surface area contributed by atoms with Gasteiger partial charge in [0.1, 0.15) is 0 Å². The minimum absolute atomic E-state index is 0. The summed E-state index contributed by atoms with van der Waals surface area (Å²) in [5.41, 5.74) is 11.5. The second-order valence-electron chi connectivity index (χ2n) is 2.90. The van der Waals surface area contributed by atoms with Crippen LogP contribution >= 0.6 is 0 Å². The summed E-state index contributed by atoms with van der Waals surface area (Å²) in [5.74, 6) is -1.02. The molecule has 0 saturated heterocycles. The zero-order valence-corrected chi connectivity index (χ0v) is 7.25. The van der Waals surface area contributed by atoms with Gasteiger partial charge in [-0.2, -0.15) is 0 Å². The summed E-state index contributed by atoms with van der Waals surface area (Å²) < 4.78 is 13.1. The van der Waals surface area contributed by atoms with Crippen LogP contribution in [-0.2, 0) is 4.79 Å². The summed E-state index contributed by atoms with van der Waals surface area (Å²) in [4.78, 5) is 10.6.